The molecule has 1 aromatic heterocycles. The molecule has 2 heterocycles. The van der Waals surface area contributed by atoms with Crippen LogP contribution >= 0.6 is 39.1 Å². The van der Waals surface area contributed by atoms with Gasteiger partial charge in [-0.05, 0) is 82.7 Å². The van der Waals surface area contributed by atoms with Gasteiger partial charge < -0.3 is 4.90 Å². The molecule has 0 N–H and O–H groups in total. The van der Waals surface area contributed by atoms with Gasteiger partial charge in [0.15, 0.2) is 0 Å². The second-order valence-electron chi connectivity index (χ2n) is 9.22. The second kappa shape index (κ2) is 11.7. The molecular formula is C29H29BrCl2N2O. The van der Waals surface area contributed by atoms with E-state index in [-0.39, 0.29) is 29.7 Å². The van der Waals surface area contributed by atoms with E-state index < -0.39 is 0 Å². The lowest BCUT2D eigenvalue weighted by Crippen LogP contribution is -2.46. The van der Waals surface area contributed by atoms with Crippen molar-refractivity contribution in [3.05, 3.63) is 111 Å². The number of allylic oxidation sites excluding steroid dienone is 1. The van der Waals surface area contributed by atoms with E-state index in [0.29, 0.717) is 16.6 Å². The quantitative estimate of drug-likeness (QED) is 0.200. The van der Waals surface area contributed by atoms with Crippen LogP contribution in [0.3, 0.4) is 0 Å². The molecule has 1 saturated heterocycles. The molecule has 1 aliphatic rings. The molecule has 6 heteroatoms. The molecule has 1 amide bonds. The molecule has 3 nitrogen and oxygen atoms in total. The third kappa shape index (κ3) is 6.17. The van der Waals surface area contributed by atoms with Crippen LogP contribution in [0.4, 0.5) is 0 Å². The Kier molecular flexibility index (Phi) is 8.69. The molecule has 3 aromatic rings. The number of benzene rings is 2. The average Bonchev–Trinajstić information content (AvgIpc) is 2.84. The van der Waals surface area contributed by atoms with E-state index >= 15 is 0 Å². The van der Waals surface area contributed by atoms with Gasteiger partial charge in [0.05, 0.1) is 6.04 Å². The predicted molar refractivity (Wildman–Crippen MR) is 148 cm³/mol. The molecule has 3 unspecified atom stereocenters. The first-order chi connectivity index (χ1) is 16.9. The van der Waals surface area contributed by atoms with Crippen molar-refractivity contribution in [1.82, 2.24) is 9.88 Å². The topological polar surface area (TPSA) is 33.2 Å². The number of aromatic nitrogens is 1. The SMILES string of the molecule is C=CC[C@H](CCN1C(=O)C(C)CC(c2cccc(Cl)c2)C1c1ccc(Cl)cc1)c1cccc(Br)n1. The fourth-order valence-corrected chi connectivity index (χ4v) is 5.84. The minimum atomic E-state index is -0.103. The Labute approximate surface area is 226 Å². The number of rotatable bonds is 8. The lowest BCUT2D eigenvalue weighted by molar-refractivity contribution is -0.142. The zero-order valence-corrected chi connectivity index (χ0v) is 22.8. The van der Waals surface area contributed by atoms with Gasteiger partial charge in [-0.3, -0.25) is 4.79 Å². The molecule has 0 saturated carbocycles. The van der Waals surface area contributed by atoms with Crippen LogP contribution in [-0.4, -0.2) is 22.3 Å². The summed E-state index contributed by atoms with van der Waals surface area (Å²) in [5.74, 6) is 0.405. The van der Waals surface area contributed by atoms with Crippen LogP contribution in [0.5, 0.6) is 0 Å². The number of likely N-dealkylation sites (tertiary alicyclic amines) is 1. The van der Waals surface area contributed by atoms with Crippen LogP contribution in [0.25, 0.3) is 0 Å². The predicted octanol–water partition coefficient (Wildman–Crippen LogP) is 8.59. The minimum absolute atomic E-state index is 0.0793. The van der Waals surface area contributed by atoms with Gasteiger partial charge in [0.1, 0.15) is 4.60 Å². The van der Waals surface area contributed by atoms with Crippen molar-refractivity contribution in [3.63, 3.8) is 0 Å². The summed E-state index contributed by atoms with van der Waals surface area (Å²) >= 11 is 16.1. The zero-order valence-electron chi connectivity index (χ0n) is 19.7. The standard InChI is InChI=1S/C29H29BrCl2N2O/c1-3-6-20(26-9-5-10-27(30)33-26)15-16-34-28(21-11-13-23(31)14-12-21)25(17-19(2)29(34)35)22-7-4-8-24(32)18-22/h3-5,7-14,18-20,25,28H,1,6,15-17H2,2H3/t19?,20-,25?,28?/m1/s1. The van der Waals surface area contributed by atoms with Crippen molar-refractivity contribution in [2.75, 3.05) is 6.54 Å². The zero-order chi connectivity index (χ0) is 24.9. The van der Waals surface area contributed by atoms with E-state index in [2.05, 4.69) is 38.5 Å². The fraction of sp³-hybridized carbons (Fsp3) is 0.310. The van der Waals surface area contributed by atoms with Gasteiger partial charge in [0.25, 0.3) is 0 Å². The van der Waals surface area contributed by atoms with Crippen molar-refractivity contribution in [1.29, 1.82) is 0 Å². The Morgan fingerprint density at radius 2 is 1.83 bits per heavy atom. The third-order valence-electron chi connectivity index (χ3n) is 6.84. The lowest BCUT2D eigenvalue weighted by atomic mass is 9.76. The summed E-state index contributed by atoms with van der Waals surface area (Å²) < 4.78 is 0.812. The van der Waals surface area contributed by atoms with E-state index in [4.69, 9.17) is 23.2 Å². The molecule has 0 bridgehead atoms. The second-order valence-corrected chi connectivity index (χ2v) is 10.9. The van der Waals surface area contributed by atoms with E-state index in [1.807, 2.05) is 73.7 Å². The summed E-state index contributed by atoms with van der Waals surface area (Å²) in [6.07, 6.45) is 4.29. The van der Waals surface area contributed by atoms with Crippen LogP contribution in [0.15, 0.2) is 84.0 Å². The first-order valence-electron chi connectivity index (χ1n) is 11.9. The number of amides is 1. The summed E-state index contributed by atoms with van der Waals surface area (Å²) in [5, 5.41) is 1.39. The number of hydrogen-bond donors (Lipinski definition) is 0. The smallest absolute Gasteiger partial charge is 0.225 e. The molecule has 2 aromatic carbocycles. The molecule has 4 atom stereocenters. The lowest BCUT2D eigenvalue weighted by Gasteiger charge is -2.45. The number of halogens is 3. The number of carbonyl (C=O) groups excluding carboxylic acids is 1. The van der Waals surface area contributed by atoms with Gasteiger partial charge in [-0.1, -0.05) is 66.5 Å². The summed E-state index contributed by atoms with van der Waals surface area (Å²) in [5.41, 5.74) is 3.24. The van der Waals surface area contributed by atoms with Crippen LogP contribution in [0.2, 0.25) is 10.0 Å². The Morgan fingerprint density at radius 3 is 2.51 bits per heavy atom. The van der Waals surface area contributed by atoms with Crippen LogP contribution < -0.4 is 0 Å². The van der Waals surface area contributed by atoms with Gasteiger partial charge in [0, 0.05) is 40.0 Å². The first kappa shape index (κ1) is 25.9. The molecular weight excluding hydrogens is 543 g/mol. The number of pyridine rings is 1. The maximum absolute atomic E-state index is 13.6. The van der Waals surface area contributed by atoms with E-state index in [0.717, 1.165) is 40.7 Å². The van der Waals surface area contributed by atoms with E-state index in [9.17, 15) is 4.79 Å². The van der Waals surface area contributed by atoms with E-state index in [1.54, 1.807) is 0 Å². The van der Waals surface area contributed by atoms with Crippen molar-refractivity contribution >= 4 is 45.0 Å². The van der Waals surface area contributed by atoms with Crippen LogP contribution in [0.1, 0.15) is 60.9 Å². The third-order valence-corrected chi connectivity index (χ3v) is 7.77. The van der Waals surface area contributed by atoms with Gasteiger partial charge in [-0.25, -0.2) is 4.98 Å². The molecule has 35 heavy (non-hydrogen) atoms. The maximum Gasteiger partial charge on any atom is 0.225 e. The molecule has 0 aliphatic carbocycles. The highest BCUT2D eigenvalue weighted by atomic mass is 79.9. The molecule has 1 fully saturated rings. The summed E-state index contributed by atoms with van der Waals surface area (Å²) in [6.45, 7) is 6.61. The molecule has 1 aliphatic heterocycles. The first-order valence-corrected chi connectivity index (χ1v) is 13.5. The largest absolute Gasteiger partial charge is 0.335 e. The summed E-state index contributed by atoms with van der Waals surface area (Å²) in [6, 6.07) is 21.8. The van der Waals surface area contributed by atoms with Crippen LogP contribution in [0, 0.1) is 5.92 Å². The molecule has 0 spiro atoms. The van der Waals surface area contributed by atoms with E-state index in [1.165, 1.54) is 0 Å². The summed E-state index contributed by atoms with van der Waals surface area (Å²) in [7, 11) is 0. The average molecular weight is 572 g/mol. The van der Waals surface area contributed by atoms with Gasteiger partial charge >= 0.3 is 0 Å². The highest BCUT2D eigenvalue weighted by Crippen LogP contribution is 2.46. The normalized spacial score (nSPS) is 21.1. The minimum Gasteiger partial charge on any atom is -0.335 e. The van der Waals surface area contributed by atoms with Gasteiger partial charge in [-0.2, -0.15) is 0 Å². The molecule has 182 valence electrons. The highest BCUT2D eigenvalue weighted by Gasteiger charge is 2.41. The monoisotopic (exact) mass is 570 g/mol. The van der Waals surface area contributed by atoms with Crippen molar-refractivity contribution in [3.8, 4) is 0 Å². The van der Waals surface area contributed by atoms with Crippen molar-refractivity contribution in [2.24, 2.45) is 5.92 Å². The maximum atomic E-state index is 13.6. The highest BCUT2D eigenvalue weighted by molar-refractivity contribution is 9.10. The van der Waals surface area contributed by atoms with Gasteiger partial charge in [-0.15, -0.1) is 6.58 Å². The number of carbonyl (C=O) groups is 1. The van der Waals surface area contributed by atoms with Gasteiger partial charge in [0.2, 0.25) is 5.91 Å². The Bertz CT molecular complexity index is 1180. The Morgan fingerprint density at radius 1 is 1.09 bits per heavy atom. The van der Waals surface area contributed by atoms with Crippen LogP contribution in [-0.2, 0) is 4.79 Å². The molecule has 4 rings (SSSR count). The fourth-order valence-electron chi connectivity index (χ4n) is 5.16. The Balaban J connectivity index is 1.70. The Hall–Kier alpha value is -2.14. The number of piperidine rings is 1. The summed E-state index contributed by atoms with van der Waals surface area (Å²) in [4.78, 5) is 20.4. The van der Waals surface area contributed by atoms with Crippen molar-refractivity contribution < 1.29 is 4.79 Å². The molecule has 0 radical (unpaired) electrons. The number of nitrogens with zero attached hydrogens (tertiary/aromatic N) is 2. The number of hydrogen-bond acceptors (Lipinski definition) is 2. The van der Waals surface area contributed by atoms with Crippen molar-refractivity contribution in [2.45, 2.75) is 44.1 Å².